The van der Waals surface area contributed by atoms with Crippen LogP contribution in [0.3, 0.4) is 0 Å². The van der Waals surface area contributed by atoms with Crippen LogP contribution in [0.25, 0.3) is 0 Å². The molecule has 0 aliphatic rings. The third-order valence-corrected chi connectivity index (χ3v) is 3.61. The van der Waals surface area contributed by atoms with Crippen LogP contribution < -0.4 is 0 Å². The van der Waals surface area contributed by atoms with Crippen molar-refractivity contribution in [1.82, 2.24) is 4.98 Å². The lowest BCUT2D eigenvalue weighted by Crippen LogP contribution is -2.04. The maximum absolute atomic E-state index is 11.2. The zero-order valence-corrected chi connectivity index (χ0v) is 14.6. The molecular formula is C20H19NO5. The first-order valence-electron chi connectivity index (χ1n) is 7.95. The van der Waals surface area contributed by atoms with Gasteiger partial charge in [0.1, 0.15) is 11.4 Å². The molecule has 0 amide bonds. The smallest absolute Gasteiger partial charge is 0.309 e. The number of hydrogen-bond acceptors (Lipinski definition) is 6. The Morgan fingerprint density at radius 1 is 1.00 bits per heavy atom. The highest BCUT2D eigenvalue weighted by Crippen LogP contribution is 2.16. The first-order chi connectivity index (χ1) is 12.5. The number of ether oxygens (including phenoxy) is 2. The van der Waals surface area contributed by atoms with Crippen LogP contribution in [0.1, 0.15) is 28.9 Å². The number of benzene rings is 1. The Morgan fingerprint density at radius 2 is 1.69 bits per heavy atom. The summed E-state index contributed by atoms with van der Waals surface area (Å²) in [4.78, 5) is 26.7. The van der Waals surface area contributed by atoms with Gasteiger partial charge in [-0.1, -0.05) is 18.1 Å². The Labute approximate surface area is 151 Å². The van der Waals surface area contributed by atoms with Crippen molar-refractivity contribution < 1.29 is 24.2 Å². The second-order valence-electron chi connectivity index (χ2n) is 5.44. The van der Waals surface area contributed by atoms with Crippen LogP contribution in [0, 0.1) is 11.8 Å². The van der Waals surface area contributed by atoms with Gasteiger partial charge in [0.25, 0.3) is 0 Å². The molecule has 134 valence electrons. The molecule has 0 atom stereocenters. The number of pyridine rings is 1. The van der Waals surface area contributed by atoms with Gasteiger partial charge in [-0.25, -0.2) is 4.98 Å². The summed E-state index contributed by atoms with van der Waals surface area (Å²) in [7, 11) is 2.67. The van der Waals surface area contributed by atoms with Gasteiger partial charge < -0.3 is 14.6 Å². The van der Waals surface area contributed by atoms with Crippen molar-refractivity contribution in [2.75, 3.05) is 14.2 Å². The van der Waals surface area contributed by atoms with Crippen LogP contribution in [0.5, 0.6) is 5.75 Å². The number of aryl methyl sites for hydroxylation is 1. The standard InChI is InChI=1S/C20H19NO5/c1-25-19(23)12-10-17-18(22)11-9-16(21-17)8-7-14-3-5-15(6-4-14)13-20(24)26-2/h3-6,9,11,22H,10,12-13H2,1-2H3. The molecule has 1 N–H and O–H groups in total. The SMILES string of the molecule is COC(=O)CCc1nc(C#Cc2ccc(CC(=O)OC)cc2)ccc1O. The molecule has 1 aromatic carbocycles. The van der Waals surface area contributed by atoms with Crippen molar-refractivity contribution in [1.29, 1.82) is 0 Å². The number of hydrogen-bond donors (Lipinski definition) is 1. The van der Waals surface area contributed by atoms with Crippen molar-refractivity contribution >= 4 is 11.9 Å². The third-order valence-electron chi connectivity index (χ3n) is 3.61. The number of methoxy groups -OCH3 is 2. The molecule has 6 heteroatoms. The average Bonchev–Trinajstić information content (AvgIpc) is 2.66. The first-order valence-corrected chi connectivity index (χ1v) is 7.95. The maximum atomic E-state index is 11.2. The van der Waals surface area contributed by atoms with Crippen LogP contribution >= 0.6 is 0 Å². The predicted octanol–water partition coefficient (Wildman–Crippen LogP) is 2.01. The molecule has 2 aromatic rings. The van der Waals surface area contributed by atoms with Crippen molar-refractivity contribution in [2.45, 2.75) is 19.3 Å². The number of rotatable bonds is 5. The van der Waals surface area contributed by atoms with Crippen molar-refractivity contribution in [3.8, 4) is 17.6 Å². The van der Waals surface area contributed by atoms with E-state index in [-0.39, 0.29) is 37.0 Å². The molecule has 0 saturated heterocycles. The second-order valence-corrected chi connectivity index (χ2v) is 5.44. The number of aromatic nitrogens is 1. The Hall–Kier alpha value is -3.33. The van der Waals surface area contributed by atoms with E-state index in [0.29, 0.717) is 11.4 Å². The highest BCUT2D eigenvalue weighted by atomic mass is 16.5. The van der Waals surface area contributed by atoms with Gasteiger partial charge in [-0.15, -0.1) is 0 Å². The van der Waals surface area contributed by atoms with E-state index in [1.54, 1.807) is 6.07 Å². The maximum Gasteiger partial charge on any atom is 0.309 e. The minimum absolute atomic E-state index is 0.0200. The molecule has 1 heterocycles. The van der Waals surface area contributed by atoms with Crippen molar-refractivity contribution in [2.24, 2.45) is 0 Å². The summed E-state index contributed by atoms with van der Waals surface area (Å²) >= 11 is 0. The monoisotopic (exact) mass is 353 g/mol. The molecule has 0 fully saturated rings. The minimum atomic E-state index is -0.366. The zero-order valence-electron chi connectivity index (χ0n) is 14.6. The van der Waals surface area contributed by atoms with E-state index >= 15 is 0 Å². The largest absolute Gasteiger partial charge is 0.506 e. The van der Waals surface area contributed by atoms with E-state index in [2.05, 4.69) is 26.3 Å². The summed E-state index contributed by atoms with van der Waals surface area (Å²) in [6, 6.07) is 10.4. The van der Waals surface area contributed by atoms with Crippen LogP contribution in [-0.4, -0.2) is 36.2 Å². The van der Waals surface area contributed by atoms with E-state index in [1.807, 2.05) is 24.3 Å². The number of esters is 2. The van der Waals surface area contributed by atoms with E-state index in [4.69, 9.17) is 0 Å². The Bertz CT molecular complexity index is 847. The van der Waals surface area contributed by atoms with Crippen LogP contribution in [-0.2, 0) is 31.9 Å². The number of carbonyl (C=O) groups is 2. The normalized spacial score (nSPS) is 9.77. The first kappa shape index (κ1) is 19.0. The van der Waals surface area contributed by atoms with Gasteiger partial charge in [0.05, 0.1) is 32.8 Å². The molecule has 0 saturated carbocycles. The van der Waals surface area contributed by atoms with Gasteiger partial charge in [0, 0.05) is 12.0 Å². The fraction of sp³-hybridized carbons (Fsp3) is 0.250. The Kier molecular flexibility index (Phi) is 6.75. The molecule has 26 heavy (non-hydrogen) atoms. The van der Waals surface area contributed by atoms with E-state index in [9.17, 15) is 14.7 Å². The molecule has 0 radical (unpaired) electrons. The quantitative estimate of drug-likeness (QED) is 0.654. The summed E-state index contributed by atoms with van der Waals surface area (Å²) in [5.41, 5.74) is 2.50. The Morgan fingerprint density at radius 3 is 2.35 bits per heavy atom. The summed E-state index contributed by atoms with van der Waals surface area (Å²) in [6.45, 7) is 0. The molecule has 1 aromatic heterocycles. The molecule has 0 aliphatic heterocycles. The lowest BCUT2D eigenvalue weighted by Gasteiger charge is -2.03. The zero-order chi connectivity index (χ0) is 18.9. The summed E-state index contributed by atoms with van der Waals surface area (Å²) in [6.07, 6.45) is 0.624. The predicted molar refractivity (Wildman–Crippen MR) is 94.4 cm³/mol. The van der Waals surface area contributed by atoms with E-state index in [0.717, 1.165) is 11.1 Å². The van der Waals surface area contributed by atoms with E-state index in [1.165, 1.54) is 20.3 Å². The van der Waals surface area contributed by atoms with Crippen molar-refractivity contribution in [3.05, 3.63) is 58.9 Å². The minimum Gasteiger partial charge on any atom is -0.506 e. The fourth-order valence-corrected chi connectivity index (χ4v) is 2.15. The van der Waals surface area contributed by atoms with Gasteiger partial charge >= 0.3 is 11.9 Å². The molecule has 0 unspecified atom stereocenters. The number of nitrogens with zero attached hydrogens (tertiary/aromatic N) is 1. The lowest BCUT2D eigenvalue weighted by atomic mass is 10.1. The van der Waals surface area contributed by atoms with Gasteiger partial charge in [-0.3, -0.25) is 9.59 Å². The second kappa shape index (κ2) is 9.23. The van der Waals surface area contributed by atoms with Crippen molar-refractivity contribution in [3.63, 3.8) is 0 Å². The van der Waals surface area contributed by atoms with Gasteiger partial charge in [-0.05, 0) is 35.7 Å². The van der Waals surface area contributed by atoms with Gasteiger partial charge in [0.2, 0.25) is 0 Å². The van der Waals surface area contributed by atoms with Crippen LogP contribution in [0.15, 0.2) is 36.4 Å². The topological polar surface area (TPSA) is 85.7 Å². The lowest BCUT2D eigenvalue weighted by molar-refractivity contribution is -0.141. The molecule has 0 spiro atoms. The highest BCUT2D eigenvalue weighted by molar-refractivity contribution is 5.72. The highest BCUT2D eigenvalue weighted by Gasteiger charge is 2.08. The fourth-order valence-electron chi connectivity index (χ4n) is 2.15. The molecule has 0 bridgehead atoms. The van der Waals surface area contributed by atoms with Gasteiger partial charge in [-0.2, -0.15) is 0 Å². The molecule has 0 aliphatic carbocycles. The molecular weight excluding hydrogens is 334 g/mol. The van der Waals surface area contributed by atoms with E-state index < -0.39 is 0 Å². The number of aromatic hydroxyl groups is 1. The average molecular weight is 353 g/mol. The Balaban J connectivity index is 2.09. The van der Waals surface area contributed by atoms with Crippen LogP contribution in [0.2, 0.25) is 0 Å². The number of carbonyl (C=O) groups excluding carboxylic acids is 2. The summed E-state index contributed by atoms with van der Waals surface area (Å²) < 4.78 is 9.21. The molecule has 6 nitrogen and oxygen atoms in total. The molecule has 2 rings (SSSR count). The van der Waals surface area contributed by atoms with Gasteiger partial charge in [0.15, 0.2) is 0 Å². The summed E-state index contributed by atoms with van der Waals surface area (Å²) in [5, 5.41) is 9.83. The summed E-state index contributed by atoms with van der Waals surface area (Å²) in [5.74, 6) is 5.26. The van der Waals surface area contributed by atoms with Crippen LogP contribution in [0.4, 0.5) is 0 Å². The third kappa shape index (κ3) is 5.64.